The van der Waals surface area contributed by atoms with Crippen molar-refractivity contribution in [2.45, 2.75) is 45.6 Å². The second kappa shape index (κ2) is 6.16. The zero-order valence-electron chi connectivity index (χ0n) is 12.6. The number of hydrazine groups is 1. The van der Waals surface area contributed by atoms with Crippen molar-refractivity contribution in [3.8, 4) is 0 Å². The Hall–Kier alpha value is -1.39. The number of rotatable bonds is 3. The van der Waals surface area contributed by atoms with Crippen LogP contribution in [0.3, 0.4) is 0 Å². The monoisotopic (exact) mass is 308 g/mol. The molecule has 114 valence electrons. The van der Waals surface area contributed by atoms with E-state index in [0.717, 1.165) is 19.3 Å². The molecule has 5 heteroatoms. The molecule has 0 atom stereocenters. The normalized spacial score (nSPS) is 15.4. The van der Waals surface area contributed by atoms with Crippen LogP contribution < -0.4 is 5.43 Å². The summed E-state index contributed by atoms with van der Waals surface area (Å²) in [5.74, 6) is -0.522. The van der Waals surface area contributed by atoms with Gasteiger partial charge in [0.05, 0.1) is 0 Å². The lowest BCUT2D eigenvalue weighted by Crippen LogP contribution is -2.57. The maximum Gasteiger partial charge on any atom is 0.275 e. The van der Waals surface area contributed by atoms with Crippen molar-refractivity contribution in [1.82, 2.24) is 10.4 Å². The summed E-state index contributed by atoms with van der Waals surface area (Å²) >= 11 is 5.84. The number of carbonyl (C=O) groups is 2. The van der Waals surface area contributed by atoms with E-state index in [4.69, 9.17) is 11.6 Å². The average molecular weight is 309 g/mol. The molecule has 0 bridgehead atoms. The Kier molecular flexibility index (Phi) is 4.69. The number of hydrogen-bond donors (Lipinski definition) is 1. The molecule has 1 aliphatic carbocycles. The minimum atomic E-state index is -0.374. The third-order valence-corrected chi connectivity index (χ3v) is 3.67. The third kappa shape index (κ3) is 4.05. The van der Waals surface area contributed by atoms with E-state index < -0.39 is 0 Å². The largest absolute Gasteiger partial charge is 0.275 e. The Balaban J connectivity index is 2.23. The van der Waals surface area contributed by atoms with Crippen LogP contribution in [0.4, 0.5) is 0 Å². The lowest BCUT2D eigenvalue weighted by atomic mass is 9.84. The third-order valence-electron chi connectivity index (χ3n) is 3.42. The number of hydrogen-bond acceptors (Lipinski definition) is 3. The first-order valence-electron chi connectivity index (χ1n) is 7.19. The van der Waals surface area contributed by atoms with Crippen LogP contribution in [0.1, 0.15) is 50.4 Å². The molecule has 1 fully saturated rings. The van der Waals surface area contributed by atoms with Crippen molar-refractivity contribution in [3.05, 3.63) is 34.9 Å². The molecule has 0 aromatic heterocycles. The fraction of sp³-hybridized carbons (Fsp3) is 0.500. The molecule has 1 aromatic rings. The first kappa shape index (κ1) is 16.0. The second-order valence-corrected chi connectivity index (χ2v) is 6.91. The predicted octanol–water partition coefficient (Wildman–Crippen LogP) is 3.41. The number of benzene rings is 1. The smallest absolute Gasteiger partial charge is 0.273 e. The van der Waals surface area contributed by atoms with Gasteiger partial charge in [-0.05, 0) is 57.9 Å². The fourth-order valence-corrected chi connectivity index (χ4v) is 2.23. The molecule has 2 amide bonds. The van der Waals surface area contributed by atoms with Gasteiger partial charge in [0.2, 0.25) is 5.91 Å². The van der Waals surface area contributed by atoms with Gasteiger partial charge in [0.1, 0.15) is 0 Å². The highest BCUT2D eigenvalue weighted by Crippen LogP contribution is 2.28. The molecule has 0 unspecified atom stereocenters. The van der Waals surface area contributed by atoms with Crippen LogP contribution in [0.5, 0.6) is 0 Å². The molecule has 0 spiro atoms. The Morgan fingerprint density at radius 3 is 2.19 bits per heavy atom. The topological polar surface area (TPSA) is 49.4 Å². The number of nitrogens with one attached hydrogen (secondary N) is 1. The lowest BCUT2D eigenvalue weighted by Gasteiger charge is -2.35. The Morgan fingerprint density at radius 1 is 1.19 bits per heavy atom. The van der Waals surface area contributed by atoms with Gasteiger partial charge >= 0.3 is 0 Å². The Labute approximate surface area is 130 Å². The molecule has 0 radical (unpaired) electrons. The van der Waals surface area contributed by atoms with Crippen LogP contribution in [-0.4, -0.2) is 22.4 Å². The molecule has 0 saturated heterocycles. The van der Waals surface area contributed by atoms with Gasteiger partial charge in [0, 0.05) is 22.0 Å². The van der Waals surface area contributed by atoms with E-state index in [1.165, 1.54) is 5.01 Å². The van der Waals surface area contributed by atoms with Crippen LogP contribution >= 0.6 is 11.6 Å². The maximum absolute atomic E-state index is 12.6. The highest BCUT2D eigenvalue weighted by molar-refractivity contribution is 6.30. The van der Waals surface area contributed by atoms with Gasteiger partial charge in [-0.2, -0.15) is 0 Å². The standard InChI is InChI=1S/C16H21ClN2O2/c1-16(2,3)18-19(14(20)11-5-4-6-11)15(21)12-7-9-13(17)10-8-12/h7-11,18H,4-6H2,1-3H3. The highest BCUT2D eigenvalue weighted by atomic mass is 35.5. The summed E-state index contributed by atoms with van der Waals surface area (Å²) in [6, 6.07) is 6.57. The van der Waals surface area contributed by atoms with Crippen molar-refractivity contribution in [2.24, 2.45) is 5.92 Å². The van der Waals surface area contributed by atoms with Crippen LogP contribution in [0.25, 0.3) is 0 Å². The van der Waals surface area contributed by atoms with Crippen LogP contribution in [0, 0.1) is 5.92 Å². The van der Waals surface area contributed by atoms with Gasteiger partial charge < -0.3 is 0 Å². The van der Waals surface area contributed by atoms with E-state index in [1.54, 1.807) is 24.3 Å². The van der Waals surface area contributed by atoms with E-state index in [2.05, 4.69) is 5.43 Å². The fourth-order valence-electron chi connectivity index (χ4n) is 2.10. The summed E-state index contributed by atoms with van der Waals surface area (Å²) in [6.07, 6.45) is 2.76. The SMILES string of the molecule is CC(C)(C)NN(C(=O)c1ccc(Cl)cc1)C(=O)C1CCC1. The van der Waals surface area contributed by atoms with Crippen molar-refractivity contribution >= 4 is 23.4 Å². The lowest BCUT2D eigenvalue weighted by molar-refractivity contribution is -0.139. The highest BCUT2D eigenvalue weighted by Gasteiger charge is 2.35. The van der Waals surface area contributed by atoms with E-state index in [9.17, 15) is 9.59 Å². The molecule has 0 heterocycles. The predicted molar refractivity (Wildman–Crippen MR) is 82.9 cm³/mol. The van der Waals surface area contributed by atoms with Crippen LogP contribution in [0.2, 0.25) is 5.02 Å². The van der Waals surface area contributed by atoms with Gasteiger partial charge in [-0.15, -0.1) is 0 Å². The maximum atomic E-state index is 12.6. The van der Waals surface area contributed by atoms with Crippen molar-refractivity contribution in [3.63, 3.8) is 0 Å². The van der Waals surface area contributed by atoms with Crippen LogP contribution in [0.15, 0.2) is 24.3 Å². The van der Waals surface area contributed by atoms with Gasteiger partial charge in [-0.3, -0.25) is 9.59 Å². The summed E-state index contributed by atoms with van der Waals surface area (Å²) in [6.45, 7) is 5.76. The minimum Gasteiger partial charge on any atom is -0.273 e. The second-order valence-electron chi connectivity index (χ2n) is 6.48. The number of carbonyl (C=O) groups excluding carboxylic acids is 2. The zero-order valence-corrected chi connectivity index (χ0v) is 13.4. The van der Waals surface area contributed by atoms with E-state index in [1.807, 2.05) is 20.8 Å². The number of nitrogens with zero attached hydrogens (tertiary/aromatic N) is 1. The molecule has 21 heavy (non-hydrogen) atoms. The van der Waals surface area contributed by atoms with Gasteiger partial charge in [0.15, 0.2) is 0 Å². The van der Waals surface area contributed by atoms with Gasteiger partial charge in [0.25, 0.3) is 5.91 Å². The molecular weight excluding hydrogens is 288 g/mol. The Bertz CT molecular complexity index is 530. The molecule has 2 rings (SSSR count). The van der Waals surface area contributed by atoms with Crippen molar-refractivity contribution in [2.75, 3.05) is 0 Å². The molecule has 1 aliphatic rings. The summed E-state index contributed by atoms with van der Waals surface area (Å²) in [5.41, 5.74) is 3.09. The average Bonchev–Trinajstić information content (AvgIpc) is 2.33. The minimum absolute atomic E-state index is 0.0453. The molecule has 1 saturated carbocycles. The number of amides is 2. The number of halogens is 1. The van der Waals surface area contributed by atoms with Crippen molar-refractivity contribution < 1.29 is 9.59 Å². The Morgan fingerprint density at radius 2 is 1.76 bits per heavy atom. The molecule has 4 nitrogen and oxygen atoms in total. The summed E-state index contributed by atoms with van der Waals surface area (Å²) in [5, 5.41) is 1.74. The quantitative estimate of drug-likeness (QED) is 0.687. The zero-order chi connectivity index (χ0) is 15.6. The van der Waals surface area contributed by atoms with Gasteiger partial charge in [-0.25, -0.2) is 10.4 Å². The van der Waals surface area contributed by atoms with Gasteiger partial charge in [-0.1, -0.05) is 18.0 Å². The number of imide groups is 1. The molecule has 1 aromatic carbocycles. The molecule has 1 N–H and O–H groups in total. The first-order valence-corrected chi connectivity index (χ1v) is 7.57. The van der Waals surface area contributed by atoms with Crippen LogP contribution in [-0.2, 0) is 4.79 Å². The summed E-state index contributed by atoms with van der Waals surface area (Å²) in [7, 11) is 0. The summed E-state index contributed by atoms with van der Waals surface area (Å²) < 4.78 is 0. The van der Waals surface area contributed by atoms with E-state index in [0.29, 0.717) is 10.6 Å². The molecular formula is C16H21ClN2O2. The molecule has 0 aliphatic heterocycles. The van der Waals surface area contributed by atoms with E-state index in [-0.39, 0.29) is 23.3 Å². The first-order chi connectivity index (χ1) is 9.78. The van der Waals surface area contributed by atoms with Crippen molar-refractivity contribution in [1.29, 1.82) is 0 Å². The summed E-state index contributed by atoms with van der Waals surface area (Å²) in [4.78, 5) is 25.1. The van der Waals surface area contributed by atoms with E-state index >= 15 is 0 Å².